The lowest BCUT2D eigenvalue weighted by Gasteiger charge is -2.07. The summed E-state index contributed by atoms with van der Waals surface area (Å²) in [5.74, 6) is 0.488. The first-order valence-corrected chi connectivity index (χ1v) is 5.96. The summed E-state index contributed by atoms with van der Waals surface area (Å²) in [4.78, 5) is 15.6. The average Bonchev–Trinajstić information content (AvgIpc) is 2.25. The highest BCUT2D eigenvalue weighted by Gasteiger charge is 2.05. The Balaban J connectivity index is 2.65. The highest BCUT2D eigenvalue weighted by Crippen LogP contribution is 2.20. The van der Waals surface area contributed by atoms with Crippen LogP contribution in [0.25, 0.3) is 0 Å². The number of aromatic nitrogens is 1. The summed E-state index contributed by atoms with van der Waals surface area (Å²) < 4.78 is 5.64. The Morgan fingerprint density at radius 3 is 2.94 bits per heavy atom. The van der Waals surface area contributed by atoms with Crippen LogP contribution in [0.4, 0.5) is 5.69 Å². The minimum atomic E-state index is 0.0157. The fourth-order valence-corrected chi connectivity index (χ4v) is 1.63. The number of nitrogens with one attached hydrogen (secondary N) is 1. The van der Waals surface area contributed by atoms with Gasteiger partial charge in [-0.05, 0) is 28.4 Å². The van der Waals surface area contributed by atoms with Crippen molar-refractivity contribution in [2.24, 2.45) is 0 Å². The fraction of sp³-hybridized carbons (Fsp3) is 0.455. The Bertz CT molecular complexity index is 369. The second kappa shape index (κ2) is 6.48. The number of hydrogen-bond donors (Lipinski definition) is 1. The highest BCUT2D eigenvalue weighted by atomic mass is 79.9. The lowest BCUT2D eigenvalue weighted by Crippen LogP contribution is -2.11. The summed E-state index contributed by atoms with van der Waals surface area (Å²) in [6.45, 7) is 2.05. The quantitative estimate of drug-likeness (QED) is 0.847. The van der Waals surface area contributed by atoms with Gasteiger partial charge in [-0.3, -0.25) is 4.79 Å². The molecular formula is C11H15BrN2O2. The van der Waals surface area contributed by atoms with Crippen molar-refractivity contribution in [1.82, 2.24) is 4.98 Å². The molecule has 4 nitrogen and oxygen atoms in total. The zero-order valence-electron chi connectivity index (χ0n) is 9.42. The Labute approximate surface area is 104 Å². The number of ether oxygens (including phenoxy) is 1. The van der Waals surface area contributed by atoms with Crippen LogP contribution in [-0.2, 0) is 4.79 Å². The van der Waals surface area contributed by atoms with E-state index in [1.807, 2.05) is 0 Å². The maximum Gasteiger partial charge on any atom is 0.224 e. The number of carbonyl (C=O) groups excluding carboxylic acids is 1. The molecule has 1 aromatic heterocycles. The number of anilines is 1. The predicted octanol–water partition coefficient (Wildman–Crippen LogP) is 2.98. The second-order valence-corrected chi connectivity index (χ2v) is 4.19. The molecule has 1 aromatic rings. The minimum absolute atomic E-state index is 0.0157. The van der Waals surface area contributed by atoms with E-state index in [0.717, 1.165) is 12.8 Å². The third-order valence-corrected chi connectivity index (χ3v) is 2.43. The average molecular weight is 287 g/mol. The molecule has 5 heteroatoms. The monoisotopic (exact) mass is 286 g/mol. The number of rotatable bonds is 5. The molecule has 0 aliphatic carbocycles. The molecule has 0 saturated carbocycles. The van der Waals surface area contributed by atoms with Crippen molar-refractivity contribution in [3.63, 3.8) is 0 Å². The summed E-state index contributed by atoms with van der Waals surface area (Å²) in [6, 6.07) is 3.43. The van der Waals surface area contributed by atoms with E-state index in [2.05, 4.69) is 33.2 Å². The summed E-state index contributed by atoms with van der Waals surface area (Å²) >= 11 is 3.25. The Morgan fingerprint density at radius 1 is 1.56 bits per heavy atom. The van der Waals surface area contributed by atoms with Crippen LogP contribution in [-0.4, -0.2) is 18.0 Å². The first kappa shape index (κ1) is 13.0. The van der Waals surface area contributed by atoms with Gasteiger partial charge in [-0.25, -0.2) is 4.98 Å². The van der Waals surface area contributed by atoms with Crippen LogP contribution >= 0.6 is 15.9 Å². The Kier molecular flexibility index (Phi) is 5.25. The van der Waals surface area contributed by atoms with Gasteiger partial charge < -0.3 is 10.1 Å². The Morgan fingerprint density at radius 2 is 2.31 bits per heavy atom. The molecule has 0 aromatic carbocycles. The van der Waals surface area contributed by atoms with Gasteiger partial charge >= 0.3 is 0 Å². The van der Waals surface area contributed by atoms with Crippen LogP contribution in [0.15, 0.2) is 16.7 Å². The molecular weight excluding hydrogens is 272 g/mol. The van der Waals surface area contributed by atoms with Gasteiger partial charge in [0.05, 0.1) is 7.11 Å². The molecule has 0 saturated heterocycles. The minimum Gasteiger partial charge on any atom is -0.481 e. The van der Waals surface area contributed by atoms with Gasteiger partial charge in [0.2, 0.25) is 11.8 Å². The molecule has 16 heavy (non-hydrogen) atoms. The number of pyridine rings is 1. The third kappa shape index (κ3) is 4.18. The van der Waals surface area contributed by atoms with E-state index < -0.39 is 0 Å². The van der Waals surface area contributed by atoms with Gasteiger partial charge in [0.1, 0.15) is 4.60 Å². The molecule has 0 atom stereocenters. The maximum atomic E-state index is 11.5. The number of nitrogens with zero attached hydrogens (tertiary/aromatic N) is 1. The third-order valence-electron chi connectivity index (χ3n) is 2.02. The van der Waals surface area contributed by atoms with Crippen molar-refractivity contribution in [3.05, 3.63) is 16.7 Å². The molecule has 1 heterocycles. The van der Waals surface area contributed by atoms with E-state index >= 15 is 0 Å². The SMILES string of the molecule is CCCCC(=O)Nc1cc(Br)nc(OC)c1. The van der Waals surface area contributed by atoms with Gasteiger partial charge in [-0.15, -0.1) is 0 Å². The first-order valence-electron chi connectivity index (χ1n) is 5.17. The van der Waals surface area contributed by atoms with Crippen molar-refractivity contribution in [1.29, 1.82) is 0 Å². The van der Waals surface area contributed by atoms with Crippen molar-refractivity contribution in [3.8, 4) is 5.88 Å². The molecule has 0 aliphatic heterocycles. The normalized spacial score (nSPS) is 9.94. The van der Waals surface area contributed by atoms with Gasteiger partial charge in [-0.1, -0.05) is 13.3 Å². The van der Waals surface area contributed by atoms with Crippen molar-refractivity contribution >= 4 is 27.5 Å². The van der Waals surface area contributed by atoms with Gasteiger partial charge in [0.15, 0.2) is 0 Å². The van der Waals surface area contributed by atoms with Crippen molar-refractivity contribution in [2.45, 2.75) is 26.2 Å². The van der Waals surface area contributed by atoms with Gasteiger partial charge in [0.25, 0.3) is 0 Å². The molecule has 1 N–H and O–H groups in total. The number of unbranched alkanes of at least 4 members (excludes halogenated alkanes) is 1. The van der Waals surface area contributed by atoms with Crippen LogP contribution < -0.4 is 10.1 Å². The molecule has 0 aliphatic rings. The van der Waals surface area contributed by atoms with Crippen LogP contribution in [0.3, 0.4) is 0 Å². The van der Waals surface area contributed by atoms with E-state index in [4.69, 9.17) is 4.74 Å². The number of halogens is 1. The topological polar surface area (TPSA) is 51.2 Å². The molecule has 88 valence electrons. The van der Waals surface area contributed by atoms with Crippen LogP contribution in [0, 0.1) is 0 Å². The number of amides is 1. The molecule has 1 amide bonds. The standard InChI is InChI=1S/C11H15BrN2O2/c1-3-4-5-10(15)13-8-6-9(12)14-11(7-8)16-2/h6-7H,3-5H2,1-2H3,(H,13,14,15). The maximum absolute atomic E-state index is 11.5. The lowest BCUT2D eigenvalue weighted by atomic mass is 10.2. The number of carbonyl (C=O) groups is 1. The summed E-state index contributed by atoms with van der Waals surface area (Å²) in [5, 5.41) is 2.80. The predicted molar refractivity (Wildman–Crippen MR) is 66.6 cm³/mol. The van der Waals surface area contributed by atoms with E-state index in [0.29, 0.717) is 22.6 Å². The van der Waals surface area contributed by atoms with E-state index in [-0.39, 0.29) is 5.91 Å². The molecule has 0 bridgehead atoms. The lowest BCUT2D eigenvalue weighted by molar-refractivity contribution is -0.116. The summed E-state index contributed by atoms with van der Waals surface area (Å²) in [6.07, 6.45) is 2.45. The largest absolute Gasteiger partial charge is 0.481 e. The molecule has 0 unspecified atom stereocenters. The fourth-order valence-electron chi connectivity index (χ4n) is 1.21. The van der Waals surface area contributed by atoms with Crippen molar-refractivity contribution < 1.29 is 9.53 Å². The van der Waals surface area contributed by atoms with E-state index in [9.17, 15) is 4.79 Å². The van der Waals surface area contributed by atoms with Crippen molar-refractivity contribution in [2.75, 3.05) is 12.4 Å². The summed E-state index contributed by atoms with van der Waals surface area (Å²) in [5.41, 5.74) is 0.694. The summed E-state index contributed by atoms with van der Waals surface area (Å²) in [7, 11) is 1.54. The molecule has 0 fully saturated rings. The van der Waals surface area contributed by atoms with Gasteiger partial charge in [0, 0.05) is 18.2 Å². The number of hydrogen-bond acceptors (Lipinski definition) is 3. The second-order valence-electron chi connectivity index (χ2n) is 3.37. The van der Waals surface area contributed by atoms with Crippen LogP contribution in [0.5, 0.6) is 5.88 Å². The van der Waals surface area contributed by atoms with Crippen LogP contribution in [0.1, 0.15) is 26.2 Å². The van der Waals surface area contributed by atoms with Gasteiger partial charge in [-0.2, -0.15) is 0 Å². The molecule has 1 rings (SSSR count). The van der Waals surface area contributed by atoms with Crippen LogP contribution in [0.2, 0.25) is 0 Å². The zero-order valence-corrected chi connectivity index (χ0v) is 11.0. The smallest absolute Gasteiger partial charge is 0.224 e. The van der Waals surface area contributed by atoms with E-state index in [1.165, 1.54) is 7.11 Å². The molecule has 0 radical (unpaired) electrons. The van der Waals surface area contributed by atoms with E-state index in [1.54, 1.807) is 12.1 Å². The molecule has 0 spiro atoms. The zero-order chi connectivity index (χ0) is 12.0. The first-order chi connectivity index (χ1) is 7.65. The number of methoxy groups -OCH3 is 1. The highest BCUT2D eigenvalue weighted by molar-refractivity contribution is 9.10. The Hall–Kier alpha value is -1.10.